The van der Waals surface area contributed by atoms with Gasteiger partial charge in [0.25, 0.3) is 0 Å². The summed E-state index contributed by atoms with van der Waals surface area (Å²) in [5.41, 5.74) is 2.37. The van der Waals surface area contributed by atoms with Gasteiger partial charge < -0.3 is 25.8 Å². The van der Waals surface area contributed by atoms with Crippen molar-refractivity contribution in [1.29, 1.82) is 0 Å². The number of fused-ring (bicyclic) bond motifs is 3. The number of rotatable bonds is 4. The number of carbonyl (C=O) groups excluding carboxylic acids is 3. The van der Waals surface area contributed by atoms with Gasteiger partial charge in [-0.25, -0.2) is 4.79 Å². The normalized spacial score (nSPS) is 31.6. The van der Waals surface area contributed by atoms with E-state index >= 15 is 0 Å². The standard InChI is InChI=1S/C32H43N5O3/c1-21(38)36-18-15-23(16-19-36)33-32(40)35-28-14-8-6-12-25(28)31(39)37-20-17-26-29(22-9-3-2-4-10-22)34-27-13-7-5-11-24(27)30(26)37/h2-5,7,9,11,13,22-23,25-26,28-30,34H,6,8,10,12,14-20H2,1H3,(H2,33,35,40)/t22?,25-,26+,28+,29-,30-/m0/s1. The highest BCUT2D eigenvalue weighted by atomic mass is 16.2. The molecule has 2 aliphatic carbocycles. The van der Waals surface area contributed by atoms with E-state index in [2.05, 4.69) is 69.4 Å². The Morgan fingerprint density at radius 3 is 2.50 bits per heavy atom. The molecule has 40 heavy (non-hydrogen) atoms. The van der Waals surface area contributed by atoms with Gasteiger partial charge in [-0.3, -0.25) is 9.59 Å². The molecule has 6 atom stereocenters. The molecule has 8 nitrogen and oxygen atoms in total. The third-order valence-electron chi connectivity index (χ3n) is 9.94. The van der Waals surface area contributed by atoms with Crippen LogP contribution in [0.2, 0.25) is 0 Å². The predicted molar refractivity (Wildman–Crippen MR) is 155 cm³/mol. The van der Waals surface area contributed by atoms with Crippen molar-refractivity contribution in [2.45, 2.75) is 82.5 Å². The van der Waals surface area contributed by atoms with Gasteiger partial charge in [0.2, 0.25) is 11.8 Å². The Bertz CT molecular complexity index is 1170. The molecule has 1 aromatic rings. The Hall–Kier alpha value is -3.29. The monoisotopic (exact) mass is 545 g/mol. The van der Waals surface area contributed by atoms with Gasteiger partial charge in [0.1, 0.15) is 0 Å². The molecule has 3 fully saturated rings. The summed E-state index contributed by atoms with van der Waals surface area (Å²) in [4.78, 5) is 43.0. The number of amides is 4. The Balaban J connectivity index is 1.15. The van der Waals surface area contributed by atoms with Crippen LogP contribution in [0.5, 0.6) is 0 Å². The van der Waals surface area contributed by atoms with Crippen molar-refractivity contribution in [3.8, 4) is 0 Å². The zero-order chi connectivity index (χ0) is 27.6. The van der Waals surface area contributed by atoms with Crippen molar-refractivity contribution >= 4 is 23.5 Å². The summed E-state index contributed by atoms with van der Waals surface area (Å²) < 4.78 is 0. The van der Waals surface area contributed by atoms with E-state index in [-0.39, 0.29) is 41.9 Å². The summed E-state index contributed by atoms with van der Waals surface area (Å²) in [5, 5.41) is 10.2. The molecule has 5 aliphatic rings. The predicted octanol–water partition coefficient (Wildman–Crippen LogP) is 4.37. The second-order valence-corrected chi connectivity index (χ2v) is 12.3. The first kappa shape index (κ1) is 26.9. The molecule has 0 radical (unpaired) electrons. The zero-order valence-electron chi connectivity index (χ0n) is 23.6. The Labute approximate surface area is 237 Å². The third kappa shape index (κ3) is 5.37. The van der Waals surface area contributed by atoms with Crippen molar-refractivity contribution in [3.63, 3.8) is 0 Å². The topological polar surface area (TPSA) is 93.8 Å². The Morgan fingerprint density at radius 1 is 0.925 bits per heavy atom. The number of hydrogen-bond donors (Lipinski definition) is 3. The third-order valence-corrected chi connectivity index (χ3v) is 9.94. The molecule has 3 aliphatic heterocycles. The molecule has 0 spiro atoms. The molecular weight excluding hydrogens is 502 g/mol. The highest BCUT2D eigenvalue weighted by Crippen LogP contribution is 2.49. The van der Waals surface area contributed by atoms with Crippen LogP contribution in [0.1, 0.15) is 69.9 Å². The van der Waals surface area contributed by atoms with Crippen LogP contribution in [-0.2, 0) is 9.59 Å². The van der Waals surface area contributed by atoms with Crippen molar-refractivity contribution in [3.05, 3.63) is 54.1 Å². The molecule has 0 aromatic heterocycles. The van der Waals surface area contributed by atoms with E-state index in [0.29, 0.717) is 31.0 Å². The molecule has 1 aromatic carbocycles. The molecule has 0 bridgehead atoms. The number of anilines is 1. The number of benzene rings is 1. The highest BCUT2D eigenvalue weighted by Gasteiger charge is 2.49. The number of hydrogen-bond acceptors (Lipinski definition) is 4. The van der Waals surface area contributed by atoms with Crippen LogP contribution in [-0.4, -0.2) is 65.4 Å². The number of allylic oxidation sites excluding steroid dienone is 3. The highest BCUT2D eigenvalue weighted by molar-refractivity contribution is 5.83. The lowest BCUT2D eigenvalue weighted by molar-refractivity contribution is -0.139. The van der Waals surface area contributed by atoms with Crippen LogP contribution < -0.4 is 16.0 Å². The summed E-state index contributed by atoms with van der Waals surface area (Å²) in [7, 11) is 0. The molecular formula is C32H43N5O3. The van der Waals surface area contributed by atoms with E-state index in [4.69, 9.17) is 0 Å². The number of nitrogens with zero attached hydrogens (tertiary/aromatic N) is 2. The second-order valence-electron chi connectivity index (χ2n) is 12.3. The van der Waals surface area contributed by atoms with Gasteiger partial charge in [0.05, 0.1) is 12.0 Å². The molecule has 2 saturated heterocycles. The number of likely N-dealkylation sites (tertiary alicyclic amines) is 2. The number of para-hydroxylation sites is 1. The quantitative estimate of drug-likeness (QED) is 0.524. The summed E-state index contributed by atoms with van der Waals surface area (Å²) in [6.07, 6.45) is 16.0. The smallest absolute Gasteiger partial charge is 0.315 e. The van der Waals surface area contributed by atoms with Crippen LogP contribution in [0.4, 0.5) is 10.5 Å². The molecule has 3 heterocycles. The van der Waals surface area contributed by atoms with Crippen LogP contribution in [0.15, 0.2) is 48.6 Å². The van der Waals surface area contributed by atoms with E-state index in [1.54, 1.807) is 6.92 Å². The van der Waals surface area contributed by atoms with Crippen LogP contribution in [0, 0.1) is 17.8 Å². The van der Waals surface area contributed by atoms with Crippen molar-refractivity contribution in [1.82, 2.24) is 20.4 Å². The Kier molecular flexibility index (Phi) is 7.85. The van der Waals surface area contributed by atoms with Crippen LogP contribution >= 0.6 is 0 Å². The van der Waals surface area contributed by atoms with Gasteiger partial charge in [0.15, 0.2) is 0 Å². The van der Waals surface area contributed by atoms with E-state index in [0.717, 1.165) is 63.6 Å². The number of nitrogens with one attached hydrogen (secondary N) is 3. The average molecular weight is 546 g/mol. The minimum Gasteiger partial charge on any atom is -0.381 e. The molecule has 4 amide bonds. The lowest BCUT2D eigenvalue weighted by Gasteiger charge is -2.44. The molecule has 1 unspecified atom stereocenters. The van der Waals surface area contributed by atoms with E-state index < -0.39 is 0 Å². The maximum absolute atomic E-state index is 14.3. The van der Waals surface area contributed by atoms with Gasteiger partial charge in [-0.05, 0) is 50.2 Å². The minimum atomic E-state index is -0.198. The van der Waals surface area contributed by atoms with Crippen LogP contribution in [0.25, 0.3) is 0 Å². The summed E-state index contributed by atoms with van der Waals surface area (Å²) in [6.45, 7) is 3.70. The van der Waals surface area contributed by atoms with Crippen molar-refractivity contribution < 1.29 is 14.4 Å². The number of carbonyl (C=O) groups is 3. The Morgan fingerprint density at radius 2 is 1.73 bits per heavy atom. The first-order chi connectivity index (χ1) is 19.5. The first-order valence-electron chi connectivity index (χ1n) is 15.3. The fourth-order valence-electron chi connectivity index (χ4n) is 7.85. The maximum atomic E-state index is 14.3. The second kappa shape index (κ2) is 11.7. The molecule has 8 heteroatoms. The summed E-state index contributed by atoms with van der Waals surface area (Å²) in [5.74, 6) is 0.859. The lowest BCUT2D eigenvalue weighted by Crippen LogP contribution is -2.55. The summed E-state index contributed by atoms with van der Waals surface area (Å²) in [6, 6.07) is 8.56. The average Bonchev–Trinajstić information content (AvgIpc) is 3.43. The van der Waals surface area contributed by atoms with E-state index in [1.165, 1.54) is 5.56 Å². The lowest BCUT2D eigenvalue weighted by atomic mass is 9.75. The van der Waals surface area contributed by atoms with Crippen molar-refractivity contribution in [2.24, 2.45) is 17.8 Å². The largest absolute Gasteiger partial charge is 0.381 e. The van der Waals surface area contributed by atoms with Gasteiger partial charge in [-0.1, -0.05) is 55.3 Å². The van der Waals surface area contributed by atoms with Crippen LogP contribution in [0.3, 0.4) is 0 Å². The van der Waals surface area contributed by atoms with E-state index in [1.807, 2.05) is 4.90 Å². The zero-order valence-corrected chi connectivity index (χ0v) is 23.6. The van der Waals surface area contributed by atoms with E-state index in [9.17, 15) is 14.4 Å². The maximum Gasteiger partial charge on any atom is 0.315 e. The van der Waals surface area contributed by atoms with Gasteiger partial charge in [-0.15, -0.1) is 0 Å². The number of urea groups is 1. The minimum absolute atomic E-state index is 0.0551. The fourth-order valence-corrected chi connectivity index (χ4v) is 7.85. The molecule has 6 rings (SSSR count). The fraction of sp³-hybridized carbons (Fsp3) is 0.594. The molecule has 1 saturated carbocycles. The summed E-state index contributed by atoms with van der Waals surface area (Å²) >= 11 is 0. The van der Waals surface area contributed by atoms with Gasteiger partial charge in [-0.2, -0.15) is 0 Å². The number of piperidine rings is 1. The SMILES string of the molecule is CC(=O)N1CCC(NC(=O)N[C@@H]2CCCC[C@@H]2C(=O)N2CC[C@@H]3[C@H](C4C=CC=CC4)Nc4ccccc4[C@@H]32)CC1. The van der Waals surface area contributed by atoms with Gasteiger partial charge >= 0.3 is 6.03 Å². The molecule has 214 valence electrons. The first-order valence-corrected chi connectivity index (χ1v) is 15.3. The van der Waals surface area contributed by atoms with Crippen molar-refractivity contribution in [2.75, 3.05) is 25.0 Å². The van der Waals surface area contributed by atoms with Gasteiger partial charge in [0, 0.05) is 62.2 Å². The molecule has 3 N–H and O–H groups in total.